The van der Waals surface area contributed by atoms with E-state index >= 15 is 0 Å². The number of nitrogens with zero attached hydrogens (tertiary/aromatic N) is 2. The van der Waals surface area contributed by atoms with Gasteiger partial charge in [-0.05, 0) is 29.8 Å². The number of benzene rings is 2. The van der Waals surface area contributed by atoms with Crippen LogP contribution in [0.2, 0.25) is 0 Å². The third-order valence-corrected chi connectivity index (χ3v) is 5.75. The van der Waals surface area contributed by atoms with Crippen LogP contribution < -0.4 is 5.32 Å². The molecule has 3 rings (SSSR count). The van der Waals surface area contributed by atoms with Crippen molar-refractivity contribution in [2.45, 2.75) is 12.3 Å². The Balaban J connectivity index is 1.64. The number of hydrogen-bond acceptors (Lipinski definition) is 4. The van der Waals surface area contributed by atoms with Gasteiger partial charge in [0, 0.05) is 29.1 Å². The highest BCUT2D eigenvalue weighted by molar-refractivity contribution is 9.10. The third kappa shape index (κ3) is 5.77. The van der Waals surface area contributed by atoms with Gasteiger partial charge >= 0.3 is 0 Å². The van der Waals surface area contributed by atoms with E-state index in [0.717, 1.165) is 10.0 Å². The number of aromatic nitrogens is 2. The van der Waals surface area contributed by atoms with Crippen LogP contribution in [-0.4, -0.2) is 29.6 Å². The maximum Gasteiger partial charge on any atom is 0.239 e. The summed E-state index contributed by atoms with van der Waals surface area (Å²) < 4.78 is 27.5. The summed E-state index contributed by atoms with van der Waals surface area (Å²) in [6.45, 7) is 0.525. The van der Waals surface area contributed by atoms with Gasteiger partial charge in [0.05, 0.1) is 0 Å². The summed E-state index contributed by atoms with van der Waals surface area (Å²) in [4.78, 5) is 16.2. The lowest BCUT2D eigenvalue weighted by molar-refractivity contribution is -0.113. The number of amides is 1. The summed E-state index contributed by atoms with van der Waals surface area (Å²) in [6, 6.07) is 16.6. The van der Waals surface area contributed by atoms with Crippen LogP contribution in [0.5, 0.6) is 0 Å². The van der Waals surface area contributed by atoms with Crippen molar-refractivity contribution in [3.8, 4) is 0 Å². The molecule has 0 saturated heterocycles. The highest BCUT2D eigenvalue weighted by atomic mass is 79.9. The number of carbonyl (C=O) groups excluding carboxylic acids is 1. The smallest absolute Gasteiger partial charge is 0.239 e. The van der Waals surface area contributed by atoms with E-state index in [1.165, 1.54) is 0 Å². The lowest BCUT2D eigenvalue weighted by atomic mass is 10.2. The number of hydrogen-bond donors (Lipinski definition) is 1. The zero-order valence-electron chi connectivity index (χ0n) is 14.4. The Bertz CT molecular complexity index is 1020. The fourth-order valence-electron chi connectivity index (χ4n) is 2.58. The molecule has 0 atom stereocenters. The highest BCUT2D eigenvalue weighted by Gasteiger charge is 2.20. The van der Waals surface area contributed by atoms with E-state index in [9.17, 15) is 13.2 Å². The zero-order valence-corrected chi connectivity index (χ0v) is 16.8. The van der Waals surface area contributed by atoms with Gasteiger partial charge in [-0.15, -0.1) is 0 Å². The summed E-state index contributed by atoms with van der Waals surface area (Å²) in [6.07, 6.45) is 3.30. The van der Waals surface area contributed by atoms with Crippen molar-refractivity contribution in [3.05, 3.63) is 82.9 Å². The summed E-state index contributed by atoms with van der Waals surface area (Å²) in [7, 11) is -3.65. The Labute approximate surface area is 166 Å². The molecule has 0 saturated carbocycles. The van der Waals surface area contributed by atoms with Crippen LogP contribution in [-0.2, 0) is 26.9 Å². The average molecular weight is 448 g/mol. The predicted octanol–water partition coefficient (Wildman–Crippen LogP) is 3.25. The number of rotatable bonds is 7. The highest BCUT2D eigenvalue weighted by Crippen LogP contribution is 2.14. The van der Waals surface area contributed by atoms with E-state index in [1.54, 1.807) is 41.2 Å². The van der Waals surface area contributed by atoms with Crippen molar-refractivity contribution in [3.63, 3.8) is 0 Å². The van der Waals surface area contributed by atoms with Crippen LogP contribution >= 0.6 is 15.9 Å². The molecule has 3 aromatic rings. The fraction of sp³-hybridized carbons (Fsp3) is 0.158. The van der Waals surface area contributed by atoms with Crippen LogP contribution in [0.1, 0.15) is 11.4 Å². The first-order valence-corrected chi connectivity index (χ1v) is 10.8. The number of imidazole rings is 1. The quantitative estimate of drug-likeness (QED) is 0.602. The van der Waals surface area contributed by atoms with Crippen LogP contribution in [0.3, 0.4) is 0 Å². The van der Waals surface area contributed by atoms with Gasteiger partial charge in [0.15, 0.2) is 9.84 Å². The Kier molecular flexibility index (Phi) is 6.08. The Hall–Kier alpha value is -2.45. The first kappa shape index (κ1) is 19.3. The molecule has 6 nitrogen and oxygen atoms in total. The van der Waals surface area contributed by atoms with Crippen molar-refractivity contribution in [2.75, 3.05) is 11.1 Å². The third-order valence-electron chi connectivity index (χ3n) is 3.83. The molecule has 0 aliphatic carbocycles. The molecule has 1 N–H and O–H groups in total. The Morgan fingerprint density at radius 2 is 1.78 bits per heavy atom. The van der Waals surface area contributed by atoms with Gasteiger partial charge in [-0.2, -0.15) is 0 Å². The second-order valence-electron chi connectivity index (χ2n) is 6.04. The molecule has 27 heavy (non-hydrogen) atoms. The molecule has 1 amide bonds. The average Bonchev–Trinajstić information content (AvgIpc) is 3.03. The van der Waals surface area contributed by atoms with Crippen LogP contribution in [0.15, 0.2) is 71.5 Å². The molecule has 0 unspecified atom stereocenters. The number of halogens is 1. The normalized spacial score (nSPS) is 11.3. The van der Waals surface area contributed by atoms with Crippen molar-refractivity contribution in [1.29, 1.82) is 0 Å². The van der Waals surface area contributed by atoms with Crippen LogP contribution in [0, 0.1) is 0 Å². The maximum atomic E-state index is 12.4. The summed E-state index contributed by atoms with van der Waals surface area (Å²) in [5.74, 6) is -1.05. The molecule has 140 valence electrons. The zero-order chi connectivity index (χ0) is 19.3. The van der Waals surface area contributed by atoms with Gasteiger partial charge in [-0.25, -0.2) is 13.4 Å². The minimum atomic E-state index is -3.65. The van der Waals surface area contributed by atoms with Crippen LogP contribution in [0.25, 0.3) is 0 Å². The minimum absolute atomic E-state index is 0.291. The lowest BCUT2D eigenvalue weighted by Crippen LogP contribution is -2.25. The Morgan fingerprint density at radius 3 is 2.48 bits per heavy atom. The number of sulfone groups is 1. The molecular weight excluding hydrogens is 430 g/mol. The second-order valence-corrected chi connectivity index (χ2v) is 9.02. The van der Waals surface area contributed by atoms with Gasteiger partial charge in [-0.1, -0.05) is 46.3 Å². The van der Waals surface area contributed by atoms with Crippen molar-refractivity contribution >= 4 is 37.4 Å². The van der Waals surface area contributed by atoms with Gasteiger partial charge in [0.25, 0.3) is 0 Å². The van der Waals surface area contributed by atoms with Crippen molar-refractivity contribution in [1.82, 2.24) is 9.55 Å². The molecule has 0 fully saturated rings. The Morgan fingerprint density at radius 1 is 1.07 bits per heavy atom. The lowest BCUT2D eigenvalue weighted by Gasteiger charge is -2.09. The molecule has 0 aliphatic heterocycles. The largest absolute Gasteiger partial charge is 0.330 e. The first-order valence-electron chi connectivity index (χ1n) is 8.21. The van der Waals surface area contributed by atoms with E-state index in [-0.39, 0.29) is 5.75 Å². The summed E-state index contributed by atoms with van der Waals surface area (Å²) in [5.41, 5.74) is 1.59. The van der Waals surface area contributed by atoms with Crippen molar-refractivity contribution < 1.29 is 13.2 Å². The molecular formula is C19H18BrN3O3S. The molecule has 1 aromatic heterocycles. The molecule has 0 bridgehead atoms. The van der Waals surface area contributed by atoms with E-state index in [1.807, 2.05) is 30.3 Å². The van der Waals surface area contributed by atoms with Gasteiger partial charge in [0.2, 0.25) is 5.91 Å². The molecule has 1 heterocycles. The van der Waals surface area contributed by atoms with Gasteiger partial charge < -0.3 is 9.88 Å². The predicted molar refractivity (Wildman–Crippen MR) is 108 cm³/mol. The van der Waals surface area contributed by atoms with Crippen LogP contribution in [0.4, 0.5) is 5.69 Å². The summed E-state index contributed by atoms with van der Waals surface area (Å²) >= 11 is 3.31. The fourth-order valence-corrected chi connectivity index (χ4v) is 4.05. The number of carbonyl (C=O) groups is 1. The van der Waals surface area contributed by atoms with Crippen molar-refractivity contribution in [2.24, 2.45) is 0 Å². The standard InChI is InChI=1S/C19H18BrN3O3S/c20-16-6-8-17(9-7-16)22-19(24)14-27(25,26)13-18-21-10-11-23(18)12-15-4-2-1-3-5-15/h1-11H,12-14H2,(H,22,24). The minimum Gasteiger partial charge on any atom is -0.330 e. The number of anilines is 1. The second kappa shape index (κ2) is 8.49. The van der Waals surface area contributed by atoms with E-state index < -0.39 is 21.5 Å². The monoisotopic (exact) mass is 447 g/mol. The molecule has 0 spiro atoms. The maximum absolute atomic E-state index is 12.4. The van der Waals surface area contributed by atoms with Gasteiger partial charge in [0.1, 0.15) is 17.3 Å². The topological polar surface area (TPSA) is 81.1 Å². The summed E-state index contributed by atoms with van der Waals surface area (Å²) in [5, 5.41) is 2.59. The SMILES string of the molecule is O=C(CS(=O)(=O)Cc1nccn1Cc1ccccc1)Nc1ccc(Br)cc1. The van der Waals surface area contributed by atoms with E-state index in [0.29, 0.717) is 18.1 Å². The molecule has 0 radical (unpaired) electrons. The van der Waals surface area contributed by atoms with Gasteiger partial charge in [-0.3, -0.25) is 4.79 Å². The number of nitrogens with one attached hydrogen (secondary N) is 1. The molecule has 0 aliphatic rings. The van der Waals surface area contributed by atoms with E-state index in [2.05, 4.69) is 26.2 Å². The first-order chi connectivity index (χ1) is 12.9. The molecule has 2 aromatic carbocycles. The van der Waals surface area contributed by atoms with E-state index in [4.69, 9.17) is 0 Å². The molecule has 8 heteroatoms.